The van der Waals surface area contributed by atoms with E-state index in [1.165, 1.54) is 6.42 Å². The Morgan fingerprint density at radius 1 is 1.25 bits per heavy atom. The topological polar surface area (TPSA) is 29.5 Å². The van der Waals surface area contributed by atoms with Crippen molar-refractivity contribution in [2.75, 3.05) is 13.2 Å². The third-order valence-electron chi connectivity index (χ3n) is 5.07. The zero-order valence-electron chi connectivity index (χ0n) is 13.6. The first-order chi connectivity index (χ1) is 9.47. The number of piperidine rings is 1. The molecule has 2 rings (SSSR count). The van der Waals surface area contributed by atoms with Crippen LogP contribution in [0.25, 0.3) is 0 Å². The molecule has 0 unspecified atom stereocenters. The molecule has 3 nitrogen and oxygen atoms in total. The van der Waals surface area contributed by atoms with Crippen LogP contribution in [0.15, 0.2) is 0 Å². The summed E-state index contributed by atoms with van der Waals surface area (Å²) in [7, 11) is 0. The van der Waals surface area contributed by atoms with Crippen LogP contribution in [0.1, 0.15) is 59.8 Å². The van der Waals surface area contributed by atoms with Gasteiger partial charge in [0, 0.05) is 25.6 Å². The molecule has 2 saturated heterocycles. The number of rotatable bonds is 3. The molecule has 0 radical (unpaired) electrons. The Balaban J connectivity index is 1.87. The SMILES string of the molecule is CC(C)[C@H]1C[C@@H](CC(=O)N2C[C@H](C)CC[C@@H]2C)CCO1. The van der Waals surface area contributed by atoms with Gasteiger partial charge in [-0.15, -0.1) is 0 Å². The number of amides is 1. The van der Waals surface area contributed by atoms with E-state index in [4.69, 9.17) is 4.74 Å². The fraction of sp³-hybridized carbons (Fsp3) is 0.941. The van der Waals surface area contributed by atoms with Crippen molar-refractivity contribution >= 4 is 5.91 Å². The van der Waals surface area contributed by atoms with Gasteiger partial charge in [-0.1, -0.05) is 20.8 Å². The number of nitrogens with zero attached hydrogens (tertiary/aromatic N) is 1. The van der Waals surface area contributed by atoms with Crippen LogP contribution in [0.4, 0.5) is 0 Å². The Bertz CT molecular complexity index is 329. The van der Waals surface area contributed by atoms with E-state index in [1.54, 1.807) is 0 Å². The lowest BCUT2D eigenvalue weighted by Crippen LogP contribution is -2.46. The molecule has 0 aromatic heterocycles. The van der Waals surface area contributed by atoms with Crippen LogP contribution in [0.2, 0.25) is 0 Å². The van der Waals surface area contributed by atoms with Crippen molar-refractivity contribution in [1.29, 1.82) is 0 Å². The van der Waals surface area contributed by atoms with E-state index < -0.39 is 0 Å². The minimum absolute atomic E-state index is 0.347. The summed E-state index contributed by atoms with van der Waals surface area (Å²) in [5.74, 6) is 2.11. The smallest absolute Gasteiger partial charge is 0.223 e. The van der Waals surface area contributed by atoms with E-state index in [-0.39, 0.29) is 0 Å². The van der Waals surface area contributed by atoms with Crippen molar-refractivity contribution in [3.63, 3.8) is 0 Å². The maximum absolute atomic E-state index is 12.6. The molecule has 0 saturated carbocycles. The minimum Gasteiger partial charge on any atom is -0.378 e. The summed E-state index contributed by atoms with van der Waals surface area (Å²) in [6.45, 7) is 10.7. The van der Waals surface area contributed by atoms with Gasteiger partial charge in [-0.2, -0.15) is 0 Å². The highest BCUT2D eigenvalue weighted by Crippen LogP contribution is 2.29. The molecule has 0 N–H and O–H groups in total. The summed E-state index contributed by atoms with van der Waals surface area (Å²) in [6.07, 6.45) is 5.60. The second-order valence-electron chi connectivity index (χ2n) is 7.33. The second kappa shape index (κ2) is 6.93. The number of carbonyl (C=O) groups is 1. The molecule has 2 fully saturated rings. The quantitative estimate of drug-likeness (QED) is 0.792. The Hall–Kier alpha value is -0.570. The largest absolute Gasteiger partial charge is 0.378 e. The molecule has 0 bridgehead atoms. The van der Waals surface area contributed by atoms with Gasteiger partial charge < -0.3 is 9.64 Å². The maximum atomic E-state index is 12.6. The lowest BCUT2D eigenvalue weighted by Gasteiger charge is -2.38. The summed E-state index contributed by atoms with van der Waals surface area (Å²) < 4.78 is 5.81. The van der Waals surface area contributed by atoms with Gasteiger partial charge >= 0.3 is 0 Å². The summed E-state index contributed by atoms with van der Waals surface area (Å²) >= 11 is 0. The van der Waals surface area contributed by atoms with Crippen LogP contribution in [0.5, 0.6) is 0 Å². The lowest BCUT2D eigenvalue weighted by molar-refractivity contribution is -0.138. The van der Waals surface area contributed by atoms with E-state index in [2.05, 4.69) is 32.6 Å². The van der Waals surface area contributed by atoms with Crippen molar-refractivity contribution < 1.29 is 9.53 Å². The third-order valence-corrected chi connectivity index (χ3v) is 5.07. The van der Waals surface area contributed by atoms with Crippen molar-refractivity contribution in [2.24, 2.45) is 17.8 Å². The lowest BCUT2D eigenvalue weighted by atomic mass is 9.87. The van der Waals surface area contributed by atoms with Gasteiger partial charge in [0.1, 0.15) is 0 Å². The average molecular weight is 281 g/mol. The maximum Gasteiger partial charge on any atom is 0.223 e. The van der Waals surface area contributed by atoms with Gasteiger partial charge in [0.05, 0.1) is 6.10 Å². The number of carbonyl (C=O) groups excluding carboxylic acids is 1. The monoisotopic (exact) mass is 281 g/mol. The average Bonchev–Trinajstić information content (AvgIpc) is 2.41. The van der Waals surface area contributed by atoms with E-state index in [9.17, 15) is 4.79 Å². The first-order valence-electron chi connectivity index (χ1n) is 8.38. The molecule has 1 amide bonds. The van der Waals surface area contributed by atoms with Crippen molar-refractivity contribution in [3.8, 4) is 0 Å². The molecule has 4 atom stereocenters. The fourth-order valence-corrected chi connectivity index (χ4v) is 3.55. The molecule has 3 heteroatoms. The van der Waals surface area contributed by atoms with Crippen LogP contribution in [0, 0.1) is 17.8 Å². The molecule has 116 valence electrons. The highest BCUT2D eigenvalue weighted by Gasteiger charge is 2.31. The van der Waals surface area contributed by atoms with Crippen LogP contribution in [0.3, 0.4) is 0 Å². The van der Waals surface area contributed by atoms with Gasteiger partial charge in [-0.25, -0.2) is 0 Å². The molecule has 2 aliphatic rings. The van der Waals surface area contributed by atoms with Gasteiger partial charge in [-0.05, 0) is 50.4 Å². The molecule has 2 heterocycles. The van der Waals surface area contributed by atoms with Gasteiger partial charge in [0.25, 0.3) is 0 Å². The zero-order chi connectivity index (χ0) is 14.7. The first kappa shape index (κ1) is 15.8. The Kier molecular flexibility index (Phi) is 5.48. The van der Waals surface area contributed by atoms with Crippen molar-refractivity contribution in [2.45, 2.75) is 71.9 Å². The van der Waals surface area contributed by atoms with Crippen LogP contribution >= 0.6 is 0 Å². The first-order valence-corrected chi connectivity index (χ1v) is 8.38. The van der Waals surface area contributed by atoms with Gasteiger partial charge in [-0.3, -0.25) is 4.79 Å². The standard InChI is InChI=1S/C17H31NO2/c1-12(2)16-9-15(7-8-20-16)10-17(19)18-11-13(3)5-6-14(18)4/h12-16H,5-11H2,1-4H3/t13-,14+,15+,16-/m1/s1. The molecule has 0 aliphatic carbocycles. The highest BCUT2D eigenvalue weighted by molar-refractivity contribution is 5.76. The summed E-state index contributed by atoms with van der Waals surface area (Å²) in [5, 5.41) is 0. The predicted octanol–water partition coefficient (Wildman–Crippen LogP) is 3.47. The number of hydrogen-bond donors (Lipinski definition) is 0. The Morgan fingerprint density at radius 2 is 2.00 bits per heavy atom. The van der Waals surface area contributed by atoms with Crippen LogP contribution < -0.4 is 0 Å². The number of hydrogen-bond acceptors (Lipinski definition) is 2. The fourth-order valence-electron chi connectivity index (χ4n) is 3.55. The molecule has 0 aromatic rings. The summed E-state index contributed by atoms with van der Waals surface area (Å²) in [6, 6.07) is 0.430. The predicted molar refractivity (Wildman–Crippen MR) is 81.5 cm³/mol. The molecular formula is C17H31NO2. The third kappa shape index (κ3) is 3.97. The van der Waals surface area contributed by atoms with Crippen LogP contribution in [-0.4, -0.2) is 36.1 Å². The number of likely N-dealkylation sites (tertiary alicyclic amines) is 1. The van der Waals surface area contributed by atoms with E-state index in [0.717, 1.165) is 38.8 Å². The normalized spacial score (nSPS) is 35.4. The van der Waals surface area contributed by atoms with Crippen molar-refractivity contribution in [3.05, 3.63) is 0 Å². The molecule has 2 aliphatic heterocycles. The molecular weight excluding hydrogens is 250 g/mol. The summed E-state index contributed by atoms with van der Waals surface area (Å²) in [4.78, 5) is 14.7. The summed E-state index contributed by atoms with van der Waals surface area (Å²) in [5.41, 5.74) is 0. The van der Waals surface area contributed by atoms with Crippen molar-refractivity contribution in [1.82, 2.24) is 4.90 Å². The molecule has 0 aromatic carbocycles. The van der Waals surface area contributed by atoms with Gasteiger partial charge in [0.15, 0.2) is 0 Å². The zero-order valence-corrected chi connectivity index (χ0v) is 13.6. The molecule has 0 spiro atoms. The van der Waals surface area contributed by atoms with E-state index in [0.29, 0.717) is 35.8 Å². The Labute approximate surface area is 124 Å². The van der Waals surface area contributed by atoms with E-state index >= 15 is 0 Å². The minimum atomic E-state index is 0.347. The van der Waals surface area contributed by atoms with Gasteiger partial charge in [0.2, 0.25) is 5.91 Å². The number of ether oxygens (including phenoxy) is 1. The molecule has 20 heavy (non-hydrogen) atoms. The Morgan fingerprint density at radius 3 is 2.70 bits per heavy atom. The van der Waals surface area contributed by atoms with E-state index in [1.807, 2.05) is 0 Å². The van der Waals surface area contributed by atoms with Crippen LogP contribution in [-0.2, 0) is 9.53 Å². The highest BCUT2D eigenvalue weighted by atomic mass is 16.5. The second-order valence-corrected chi connectivity index (χ2v) is 7.33.